The maximum atomic E-state index is 4.20. The second kappa shape index (κ2) is 6.07. The predicted molar refractivity (Wildman–Crippen MR) is 53.3 cm³/mol. The molecule has 0 radical (unpaired) electrons. The molecule has 0 spiro atoms. The molecule has 2 nitrogen and oxygen atoms in total. The first-order valence-electron chi connectivity index (χ1n) is 2.71. The smallest absolute Gasteiger partial charge is 0.0640 e. The Hall–Kier alpha value is -0.0600. The second-order valence-corrected chi connectivity index (χ2v) is 2.60. The van der Waals surface area contributed by atoms with E-state index >= 15 is 0 Å². The average Bonchev–Trinajstić information content (AvgIpc) is 1.88. The van der Waals surface area contributed by atoms with Crippen LogP contribution in [0.3, 0.4) is 0 Å². The van der Waals surface area contributed by atoms with E-state index in [1.807, 2.05) is 0 Å². The van der Waals surface area contributed by atoms with Gasteiger partial charge in [-0.3, -0.25) is 4.99 Å². The van der Waals surface area contributed by atoms with Gasteiger partial charge < -0.3 is 0 Å². The molecule has 0 aromatic rings. The van der Waals surface area contributed by atoms with Crippen molar-refractivity contribution in [2.75, 3.05) is 7.05 Å². The van der Waals surface area contributed by atoms with Crippen LogP contribution in [0.25, 0.3) is 0 Å². The van der Waals surface area contributed by atoms with E-state index in [9.17, 15) is 0 Å². The summed E-state index contributed by atoms with van der Waals surface area (Å²) in [6, 6.07) is 0. The molecular weight excluding hydrogens is 227 g/mol. The molecule has 0 rings (SSSR count). The Labute approximate surface area is 66.2 Å². The van der Waals surface area contributed by atoms with Gasteiger partial charge in [0, 0.05) is 34.3 Å². The van der Waals surface area contributed by atoms with E-state index in [0.717, 1.165) is 12.1 Å². The first-order valence-corrected chi connectivity index (χ1v) is 5.21. The summed E-state index contributed by atoms with van der Waals surface area (Å²) < 4.78 is 7.92. The molecule has 0 bridgehead atoms. The van der Waals surface area contributed by atoms with Gasteiger partial charge in [-0.15, -0.1) is 0 Å². The van der Waals surface area contributed by atoms with Crippen LogP contribution >= 0.6 is 21.0 Å². The van der Waals surface area contributed by atoms with Gasteiger partial charge in [0.25, 0.3) is 0 Å². The zero-order valence-electron chi connectivity index (χ0n) is 5.76. The molecule has 0 fully saturated rings. The van der Waals surface area contributed by atoms with Crippen molar-refractivity contribution in [3.63, 3.8) is 0 Å². The van der Waals surface area contributed by atoms with E-state index in [0.29, 0.717) is 0 Å². The van der Waals surface area contributed by atoms with Crippen molar-refractivity contribution >= 4 is 37.4 Å². The largest absolute Gasteiger partial charge is 0.295 e. The van der Waals surface area contributed by atoms with Gasteiger partial charge in [0.05, 0.1) is 5.71 Å². The van der Waals surface area contributed by atoms with Crippen LogP contribution in [-0.4, -0.2) is 23.5 Å². The highest BCUT2D eigenvalue weighted by molar-refractivity contribution is 14.2. The van der Waals surface area contributed by atoms with E-state index in [1.165, 1.54) is 0 Å². The van der Waals surface area contributed by atoms with E-state index < -0.39 is 0 Å². The minimum Gasteiger partial charge on any atom is -0.295 e. The van der Waals surface area contributed by atoms with Crippen molar-refractivity contribution in [1.29, 1.82) is 0 Å². The fourth-order valence-corrected chi connectivity index (χ4v) is 1.30. The van der Waals surface area contributed by atoms with Gasteiger partial charge in [-0.25, -0.2) is 3.21 Å². The Bertz CT molecular complexity index is 138. The van der Waals surface area contributed by atoms with E-state index in [-0.39, 0.29) is 21.0 Å². The Morgan fingerprint density at radius 2 is 2.44 bits per heavy atom. The van der Waals surface area contributed by atoms with Crippen LogP contribution in [0, 0.1) is 0 Å². The predicted octanol–water partition coefficient (Wildman–Crippen LogP) is 1.86. The topological polar surface area (TPSA) is 24.7 Å². The molecule has 9 heavy (non-hydrogen) atoms. The Balaban J connectivity index is 3.96. The number of nitrogens with zero attached hydrogens (tertiary/aromatic N) is 2. The number of halogens is 1. The lowest BCUT2D eigenvalue weighted by atomic mass is 10.3. The lowest BCUT2D eigenvalue weighted by Crippen LogP contribution is -1.94. The van der Waals surface area contributed by atoms with Crippen molar-refractivity contribution in [3.05, 3.63) is 0 Å². The molecule has 0 aromatic heterocycles. The summed E-state index contributed by atoms with van der Waals surface area (Å²) in [4.78, 5) is 3.86. The fraction of sp³-hybridized carbons (Fsp3) is 0.500. The lowest BCUT2D eigenvalue weighted by Gasteiger charge is -1.87. The molecule has 0 amide bonds. The minimum atomic E-state index is -0.205. The zero-order valence-corrected chi connectivity index (χ0v) is 7.92. The van der Waals surface area contributed by atoms with Gasteiger partial charge in [0.15, 0.2) is 0 Å². The summed E-state index contributed by atoms with van der Waals surface area (Å²) in [5, 5.41) is 0. The molecule has 0 aliphatic carbocycles. The third-order valence-corrected chi connectivity index (χ3v) is 1.77. The van der Waals surface area contributed by atoms with Crippen molar-refractivity contribution in [1.82, 2.24) is 0 Å². The van der Waals surface area contributed by atoms with Crippen molar-refractivity contribution in [2.45, 2.75) is 13.3 Å². The van der Waals surface area contributed by atoms with Crippen LogP contribution in [0.5, 0.6) is 0 Å². The van der Waals surface area contributed by atoms with Crippen LogP contribution in [-0.2, 0) is 0 Å². The highest BCUT2D eigenvalue weighted by Gasteiger charge is 1.85. The maximum absolute atomic E-state index is 4.20. The molecule has 0 heterocycles. The minimum absolute atomic E-state index is 0.205. The van der Waals surface area contributed by atoms with E-state index in [1.54, 1.807) is 13.3 Å². The Morgan fingerprint density at radius 3 is 2.78 bits per heavy atom. The number of hydrogen-bond acceptors (Lipinski definition) is 2. The molecule has 0 N–H and O–H groups in total. The van der Waals surface area contributed by atoms with Crippen LogP contribution < -0.4 is 0 Å². The maximum Gasteiger partial charge on any atom is 0.0640 e. The van der Waals surface area contributed by atoms with Gasteiger partial charge in [-0.1, -0.05) is 6.92 Å². The zero-order chi connectivity index (χ0) is 7.11. The Kier molecular flexibility index (Phi) is 6.03. The molecule has 0 unspecified atom stereocenters. The lowest BCUT2D eigenvalue weighted by molar-refractivity contribution is 1.31. The summed E-state index contributed by atoms with van der Waals surface area (Å²) in [5.41, 5.74) is 1.07. The Morgan fingerprint density at radius 1 is 1.78 bits per heavy atom. The molecule has 0 aliphatic heterocycles. The van der Waals surface area contributed by atoms with E-state index in [2.05, 4.69) is 19.6 Å². The summed E-state index contributed by atoms with van der Waals surface area (Å²) >= 11 is -0.205. The average molecular weight is 238 g/mol. The summed E-state index contributed by atoms with van der Waals surface area (Å²) in [7, 11) is 1.76. The molecule has 0 saturated carbocycles. The van der Waals surface area contributed by atoms with Crippen molar-refractivity contribution < 1.29 is 0 Å². The SMILES string of the molecule is C=IN=C(C=NC)CC. The van der Waals surface area contributed by atoms with Gasteiger partial charge in [-0.2, -0.15) is 0 Å². The molecule has 52 valence electrons. The summed E-state index contributed by atoms with van der Waals surface area (Å²) in [5.74, 6) is 0. The standard InChI is InChI=1S/C6H11IN2/c1-4-6(5-8-3)9-7-2/h5H,2,4H2,1,3H3. The molecule has 3 heteroatoms. The quantitative estimate of drug-likeness (QED) is 0.529. The van der Waals surface area contributed by atoms with Crippen LogP contribution in [0.4, 0.5) is 0 Å². The molecular formula is C6H11IN2. The van der Waals surface area contributed by atoms with Crippen molar-refractivity contribution in [2.24, 2.45) is 8.20 Å². The number of hydrogen-bond donors (Lipinski definition) is 0. The first kappa shape index (κ1) is 8.94. The van der Waals surface area contributed by atoms with Gasteiger partial charge in [-0.05, 0) is 10.9 Å². The third kappa shape index (κ3) is 4.44. The molecule has 0 atom stereocenters. The normalized spacial score (nSPS) is 12.9. The number of aliphatic imine (C=N–C) groups is 1. The van der Waals surface area contributed by atoms with Crippen LogP contribution in [0.2, 0.25) is 0 Å². The highest BCUT2D eigenvalue weighted by atomic mass is 127. The highest BCUT2D eigenvalue weighted by Crippen LogP contribution is 1.95. The summed E-state index contributed by atoms with van der Waals surface area (Å²) in [6.45, 7) is 2.07. The molecule has 0 saturated heterocycles. The van der Waals surface area contributed by atoms with Crippen molar-refractivity contribution in [3.8, 4) is 0 Å². The molecule has 0 aromatic carbocycles. The van der Waals surface area contributed by atoms with Gasteiger partial charge in [0.2, 0.25) is 0 Å². The monoisotopic (exact) mass is 238 g/mol. The second-order valence-electron chi connectivity index (χ2n) is 1.44. The van der Waals surface area contributed by atoms with Gasteiger partial charge >= 0.3 is 0 Å². The summed E-state index contributed by atoms with van der Waals surface area (Å²) in [6.07, 6.45) is 2.76. The third-order valence-electron chi connectivity index (χ3n) is 0.809. The van der Waals surface area contributed by atoms with Crippen LogP contribution in [0.15, 0.2) is 8.20 Å². The molecule has 0 aliphatic rings. The van der Waals surface area contributed by atoms with E-state index in [4.69, 9.17) is 0 Å². The van der Waals surface area contributed by atoms with Gasteiger partial charge in [0.1, 0.15) is 0 Å². The number of rotatable bonds is 3. The first-order chi connectivity index (χ1) is 4.35. The fourth-order valence-electron chi connectivity index (χ4n) is 0.399. The van der Waals surface area contributed by atoms with Crippen LogP contribution in [0.1, 0.15) is 13.3 Å².